The number of rotatable bonds is 9. The summed E-state index contributed by atoms with van der Waals surface area (Å²) in [6.45, 7) is 4.59. The Hall–Kier alpha value is -3.09. The fourth-order valence-corrected chi connectivity index (χ4v) is 4.94. The first-order valence-electron chi connectivity index (χ1n) is 11.7. The van der Waals surface area contributed by atoms with Crippen molar-refractivity contribution in [2.45, 2.75) is 39.3 Å². The van der Waals surface area contributed by atoms with Crippen LogP contribution < -0.4 is 10.2 Å². The van der Waals surface area contributed by atoms with Crippen molar-refractivity contribution in [2.24, 2.45) is 0 Å². The van der Waals surface area contributed by atoms with E-state index in [1.54, 1.807) is 30.0 Å². The third kappa shape index (κ3) is 5.14. The van der Waals surface area contributed by atoms with Gasteiger partial charge in [-0.05, 0) is 55.5 Å². The molecule has 0 aliphatic carbocycles. The molecule has 4 rings (SSSR count). The van der Waals surface area contributed by atoms with E-state index in [9.17, 15) is 14.4 Å². The van der Waals surface area contributed by atoms with Gasteiger partial charge in [0.25, 0.3) is 5.91 Å². The molecule has 0 radical (unpaired) electrons. The second kappa shape index (κ2) is 10.7. The Morgan fingerprint density at radius 1 is 1.09 bits per heavy atom. The number of carbonyl (C=O) groups excluding carboxylic acids is 3. The fraction of sp³-hybridized carbons (Fsp3) is 0.296. The molecular formula is C27H27Cl2N3O3. The van der Waals surface area contributed by atoms with Crippen LogP contribution in [0.5, 0.6) is 0 Å². The van der Waals surface area contributed by atoms with Crippen LogP contribution >= 0.6 is 23.2 Å². The third-order valence-corrected chi connectivity index (χ3v) is 6.88. The van der Waals surface area contributed by atoms with Crippen molar-refractivity contribution in [1.82, 2.24) is 10.2 Å². The normalized spacial score (nSPS) is 13.3. The van der Waals surface area contributed by atoms with Gasteiger partial charge < -0.3 is 15.1 Å². The fourth-order valence-electron chi connectivity index (χ4n) is 4.47. The van der Waals surface area contributed by atoms with E-state index in [0.717, 1.165) is 16.5 Å². The van der Waals surface area contributed by atoms with Crippen molar-refractivity contribution in [2.75, 3.05) is 18.0 Å². The van der Waals surface area contributed by atoms with E-state index < -0.39 is 6.04 Å². The molecule has 1 aliphatic rings. The van der Waals surface area contributed by atoms with Crippen LogP contribution in [-0.2, 0) is 16.1 Å². The van der Waals surface area contributed by atoms with Gasteiger partial charge in [0.05, 0.1) is 5.69 Å². The standard InChI is InChI=1S/C27H27Cl2N3O3/c1-3-30-26(34)17(2)32(16-19-12-13-20(28)15-22(19)29)24(33)11-6-14-31-23-10-5-8-18-7-4-9-21(25(18)23)27(31)35/h4-5,7-10,12-13,15,17H,3,6,11,14,16H2,1-2H3,(H,30,34)/t17-/m1/s1. The second-order valence-corrected chi connectivity index (χ2v) is 9.41. The minimum absolute atomic E-state index is 0.0512. The maximum atomic E-state index is 13.3. The molecule has 1 atom stereocenters. The summed E-state index contributed by atoms with van der Waals surface area (Å²) in [4.78, 5) is 42.2. The lowest BCUT2D eigenvalue weighted by atomic mass is 10.1. The molecule has 1 aliphatic heterocycles. The van der Waals surface area contributed by atoms with E-state index in [2.05, 4.69) is 5.32 Å². The summed E-state index contributed by atoms with van der Waals surface area (Å²) in [5.74, 6) is -0.468. The Kier molecular flexibility index (Phi) is 7.63. The van der Waals surface area contributed by atoms with Gasteiger partial charge >= 0.3 is 0 Å². The smallest absolute Gasteiger partial charge is 0.258 e. The summed E-state index contributed by atoms with van der Waals surface area (Å²) in [6.07, 6.45) is 0.646. The number of hydrogen-bond donors (Lipinski definition) is 1. The van der Waals surface area contributed by atoms with Crippen molar-refractivity contribution in [3.8, 4) is 0 Å². The molecule has 35 heavy (non-hydrogen) atoms. The van der Waals surface area contributed by atoms with Crippen LogP contribution in [0.1, 0.15) is 42.6 Å². The average molecular weight is 512 g/mol. The van der Waals surface area contributed by atoms with Crippen LogP contribution in [0.4, 0.5) is 5.69 Å². The highest BCUT2D eigenvalue weighted by molar-refractivity contribution is 6.35. The predicted molar refractivity (Wildman–Crippen MR) is 140 cm³/mol. The molecule has 0 fully saturated rings. The zero-order valence-corrected chi connectivity index (χ0v) is 21.2. The van der Waals surface area contributed by atoms with Gasteiger partial charge in [-0.3, -0.25) is 14.4 Å². The van der Waals surface area contributed by atoms with Crippen LogP contribution in [0.2, 0.25) is 10.0 Å². The number of halogens is 2. The van der Waals surface area contributed by atoms with Gasteiger partial charge in [0, 0.05) is 47.1 Å². The lowest BCUT2D eigenvalue weighted by molar-refractivity contribution is -0.140. The van der Waals surface area contributed by atoms with E-state index in [4.69, 9.17) is 23.2 Å². The molecule has 3 amide bonds. The summed E-state index contributed by atoms with van der Waals surface area (Å²) in [7, 11) is 0. The SMILES string of the molecule is CCNC(=O)[C@@H](C)N(Cc1ccc(Cl)cc1Cl)C(=O)CCCN1C(=O)c2cccc3cccc1c23. The minimum atomic E-state index is -0.680. The van der Waals surface area contributed by atoms with E-state index in [0.29, 0.717) is 40.7 Å². The van der Waals surface area contributed by atoms with E-state index in [1.165, 1.54) is 4.90 Å². The highest BCUT2D eigenvalue weighted by Crippen LogP contribution is 2.37. The largest absolute Gasteiger partial charge is 0.355 e. The van der Waals surface area contributed by atoms with Crippen molar-refractivity contribution in [1.29, 1.82) is 0 Å². The molecule has 0 bridgehead atoms. The first-order chi connectivity index (χ1) is 16.8. The number of hydrogen-bond acceptors (Lipinski definition) is 3. The number of anilines is 1. The summed E-state index contributed by atoms with van der Waals surface area (Å²) in [6, 6.07) is 16.0. The zero-order chi connectivity index (χ0) is 25.1. The summed E-state index contributed by atoms with van der Waals surface area (Å²) >= 11 is 12.4. The van der Waals surface area contributed by atoms with Gasteiger partial charge in [-0.15, -0.1) is 0 Å². The molecular weight excluding hydrogens is 485 g/mol. The molecule has 3 aromatic carbocycles. The Bertz CT molecular complexity index is 1290. The monoisotopic (exact) mass is 511 g/mol. The molecule has 0 unspecified atom stereocenters. The molecule has 6 nitrogen and oxygen atoms in total. The Morgan fingerprint density at radius 2 is 1.83 bits per heavy atom. The molecule has 0 spiro atoms. The molecule has 1 heterocycles. The van der Waals surface area contributed by atoms with E-state index in [1.807, 2.05) is 43.3 Å². The van der Waals surface area contributed by atoms with Gasteiger partial charge in [-0.1, -0.05) is 53.5 Å². The molecule has 1 N–H and O–H groups in total. The first kappa shape index (κ1) is 25.0. The van der Waals surface area contributed by atoms with Crippen molar-refractivity contribution >= 4 is 57.4 Å². The highest BCUT2D eigenvalue weighted by Gasteiger charge is 2.30. The first-order valence-corrected chi connectivity index (χ1v) is 12.4. The Balaban J connectivity index is 1.47. The van der Waals surface area contributed by atoms with Crippen molar-refractivity contribution < 1.29 is 14.4 Å². The summed E-state index contributed by atoms with van der Waals surface area (Å²) in [5.41, 5.74) is 2.27. The average Bonchev–Trinajstić information content (AvgIpc) is 3.11. The van der Waals surface area contributed by atoms with Crippen LogP contribution in [0.25, 0.3) is 10.8 Å². The molecule has 0 aromatic heterocycles. The van der Waals surface area contributed by atoms with Gasteiger partial charge in [-0.2, -0.15) is 0 Å². The highest BCUT2D eigenvalue weighted by atomic mass is 35.5. The third-order valence-electron chi connectivity index (χ3n) is 6.30. The number of likely N-dealkylation sites (N-methyl/N-ethyl adjacent to an activating group) is 1. The van der Waals surface area contributed by atoms with E-state index in [-0.39, 0.29) is 30.7 Å². The Morgan fingerprint density at radius 3 is 2.54 bits per heavy atom. The van der Waals surface area contributed by atoms with Gasteiger partial charge in [-0.25, -0.2) is 0 Å². The predicted octanol–water partition coefficient (Wildman–Crippen LogP) is 5.44. The van der Waals surface area contributed by atoms with Crippen LogP contribution in [0, 0.1) is 0 Å². The number of benzene rings is 3. The molecule has 182 valence electrons. The van der Waals surface area contributed by atoms with Gasteiger partial charge in [0.15, 0.2) is 0 Å². The summed E-state index contributed by atoms with van der Waals surface area (Å²) in [5, 5.41) is 5.69. The number of amides is 3. The minimum Gasteiger partial charge on any atom is -0.355 e. The lowest BCUT2D eigenvalue weighted by Gasteiger charge is -2.29. The number of nitrogens with one attached hydrogen (secondary N) is 1. The second-order valence-electron chi connectivity index (χ2n) is 8.57. The number of nitrogens with zero attached hydrogens (tertiary/aromatic N) is 2. The van der Waals surface area contributed by atoms with Gasteiger partial charge in [0.1, 0.15) is 6.04 Å². The molecule has 0 saturated carbocycles. The van der Waals surface area contributed by atoms with Crippen LogP contribution in [0.15, 0.2) is 54.6 Å². The van der Waals surface area contributed by atoms with Crippen LogP contribution in [0.3, 0.4) is 0 Å². The quantitative estimate of drug-likeness (QED) is 0.415. The molecule has 3 aromatic rings. The summed E-state index contributed by atoms with van der Waals surface area (Å²) < 4.78 is 0. The molecule has 0 saturated heterocycles. The maximum absolute atomic E-state index is 13.3. The molecule has 8 heteroatoms. The lowest BCUT2D eigenvalue weighted by Crippen LogP contribution is -2.47. The number of carbonyl (C=O) groups is 3. The van der Waals surface area contributed by atoms with E-state index >= 15 is 0 Å². The Labute approximate surface area is 214 Å². The van der Waals surface area contributed by atoms with Crippen molar-refractivity contribution in [3.63, 3.8) is 0 Å². The van der Waals surface area contributed by atoms with Crippen LogP contribution in [-0.4, -0.2) is 41.8 Å². The topological polar surface area (TPSA) is 69.7 Å². The maximum Gasteiger partial charge on any atom is 0.258 e. The van der Waals surface area contributed by atoms with Gasteiger partial charge in [0.2, 0.25) is 11.8 Å². The zero-order valence-electron chi connectivity index (χ0n) is 19.7. The van der Waals surface area contributed by atoms with Crippen molar-refractivity contribution in [3.05, 3.63) is 75.8 Å².